The summed E-state index contributed by atoms with van der Waals surface area (Å²) in [4.78, 5) is 8.67. The second-order valence-electron chi connectivity index (χ2n) is 4.00. The third kappa shape index (κ3) is 2.87. The van der Waals surface area contributed by atoms with Crippen LogP contribution in [-0.4, -0.2) is 15.1 Å². The van der Waals surface area contributed by atoms with Crippen molar-refractivity contribution < 1.29 is 4.52 Å². The standard InChI is InChI=1S/C12H15BrN4O/c1-4-11-15-10(13)5-12(16-11)14-6-9-7(2)17-18-8(9)3/h5H,4,6H2,1-3H3,(H,14,15,16). The second kappa shape index (κ2) is 5.48. The monoisotopic (exact) mass is 310 g/mol. The zero-order valence-corrected chi connectivity index (χ0v) is 12.2. The van der Waals surface area contributed by atoms with Crippen LogP contribution in [0.1, 0.15) is 29.8 Å². The molecule has 0 aliphatic rings. The molecule has 18 heavy (non-hydrogen) atoms. The summed E-state index contributed by atoms with van der Waals surface area (Å²) in [6.45, 7) is 6.51. The van der Waals surface area contributed by atoms with Gasteiger partial charge in [-0.2, -0.15) is 0 Å². The summed E-state index contributed by atoms with van der Waals surface area (Å²) < 4.78 is 5.91. The second-order valence-corrected chi connectivity index (χ2v) is 4.81. The number of rotatable bonds is 4. The van der Waals surface area contributed by atoms with Crippen LogP contribution in [0.15, 0.2) is 15.2 Å². The molecular weight excluding hydrogens is 296 g/mol. The number of anilines is 1. The maximum atomic E-state index is 5.12. The van der Waals surface area contributed by atoms with Crippen LogP contribution in [0.5, 0.6) is 0 Å². The molecule has 0 aromatic carbocycles. The maximum Gasteiger partial charge on any atom is 0.138 e. The van der Waals surface area contributed by atoms with Crippen LogP contribution in [0.4, 0.5) is 5.82 Å². The minimum absolute atomic E-state index is 0.647. The molecule has 0 spiro atoms. The van der Waals surface area contributed by atoms with E-state index in [0.717, 1.165) is 39.7 Å². The summed E-state index contributed by atoms with van der Waals surface area (Å²) in [6.07, 6.45) is 0.805. The smallest absolute Gasteiger partial charge is 0.138 e. The van der Waals surface area contributed by atoms with E-state index >= 15 is 0 Å². The highest BCUT2D eigenvalue weighted by molar-refractivity contribution is 9.10. The molecule has 0 saturated heterocycles. The summed E-state index contributed by atoms with van der Waals surface area (Å²) in [6, 6.07) is 1.86. The SMILES string of the molecule is CCc1nc(Br)cc(NCc2c(C)noc2C)n1. The van der Waals surface area contributed by atoms with Crippen LogP contribution < -0.4 is 5.32 Å². The third-order valence-electron chi connectivity index (χ3n) is 2.68. The third-order valence-corrected chi connectivity index (χ3v) is 3.09. The molecular formula is C12H15BrN4O. The van der Waals surface area contributed by atoms with E-state index in [1.165, 1.54) is 0 Å². The van der Waals surface area contributed by atoms with E-state index in [0.29, 0.717) is 6.54 Å². The van der Waals surface area contributed by atoms with Crippen LogP contribution >= 0.6 is 15.9 Å². The molecule has 5 nitrogen and oxygen atoms in total. The first kappa shape index (κ1) is 13.0. The van der Waals surface area contributed by atoms with E-state index in [-0.39, 0.29) is 0 Å². The summed E-state index contributed by atoms with van der Waals surface area (Å²) >= 11 is 3.38. The zero-order valence-electron chi connectivity index (χ0n) is 10.6. The molecule has 2 aromatic rings. The molecule has 2 rings (SSSR count). The van der Waals surface area contributed by atoms with Gasteiger partial charge in [0.05, 0.1) is 5.69 Å². The molecule has 0 fully saturated rings. The van der Waals surface area contributed by atoms with Gasteiger partial charge in [0.15, 0.2) is 0 Å². The molecule has 1 N–H and O–H groups in total. The maximum absolute atomic E-state index is 5.12. The number of hydrogen-bond donors (Lipinski definition) is 1. The fraction of sp³-hybridized carbons (Fsp3) is 0.417. The molecule has 0 atom stereocenters. The average molecular weight is 311 g/mol. The quantitative estimate of drug-likeness (QED) is 0.879. The van der Waals surface area contributed by atoms with Gasteiger partial charge in [-0.3, -0.25) is 0 Å². The fourth-order valence-electron chi connectivity index (χ4n) is 1.65. The lowest BCUT2D eigenvalue weighted by Crippen LogP contribution is -2.05. The number of nitrogens with one attached hydrogen (secondary N) is 1. The van der Waals surface area contributed by atoms with Crippen molar-refractivity contribution in [2.45, 2.75) is 33.7 Å². The first-order valence-corrected chi connectivity index (χ1v) is 6.58. The summed E-state index contributed by atoms with van der Waals surface area (Å²) in [5, 5.41) is 7.19. The first-order valence-electron chi connectivity index (χ1n) is 5.79. The molecule has 0 saturated carbocycles. The normalized spacial score (nSPS) is 10.7. The molecule has 0 aliphatic heterocycles. The fourth-order valence-corrected chi connectivity index (χ4v) is 2.07. The van der Waals surface area contributed by atoms with Gasteiger partial charge in [0.1, 0.15) is 22.0 Å². The lowest BCUT2D eigenvalue weighted by atomic mass is 10.2. The Morgan fingerprint density at radius 2 is 2.11 bits per heavy atom. The number of halogens is 1. The molecule has 0 unspecified atom stereocenters. The summed E-state index contributed by atoms with van der Waals surface area (Å²) in [5.74, 6) is 2.45. The van der Waals surface area contributed by atoms with Gasteiger partial charge in [-0.15, -0.1) is 0 Å². The van der Waals surface area contributed by atoms with Gasteiger partial charge in [0.25, 0.3) is 0 Å². The van der Waals surface area contributed by atoms with E-state index in [1.807, 2.05) is 26.8 Å². The van der Waals surface area contributed by atoms with E-state index in [4.69, 9.17) is 4.52 Å². The molecule has 96 valence electrons. The van der Waals surface area contributed by atoms with Crippen molar-refractivity contribution in [2.75, 3.05) is 5.32 Å². The lowest BCUT2D eigenvalue weighted by Gasteiger charge is -2.07. The minimum atomic E-state index is 0.647. The van der Waals surface area contributed by atoms with Crippen molar-refractivity contribution in [3.8, 4) is 0 Å². The van der Waals surface area contributed by atoms with Crippen LogP contribution in [0.2, 0.25) is 0 Å². The van der Waals surface area contributed by atoms with Gasteiger partial charge >= 0.3 is 0 Å². The highest BCUT2D eigenvalue weighted by Gasteiger charge is 2.09. The Balaban J connectivity index is 2.13. The number of nitrogens with zero attached hydrogens (tertiary/aromatic N) is 3. The van der Waals surface area contributed by atoms with E-state index in [1.54, 1.807) is 0 Å². The Kier molecular flexibility index (Phi) is 3.96. The molecule has 6 heteroatoms. The Bertz CT molecular complexity index is 534. The van der Waals surface area contributed by atoms with Crippen LogP contribution in [-0.2, 0) is 13.0 Å². The van der Waals surface area contributed by atoms with E-state index in [2.05, 4.69) is 36.4 Å². The number of hydrogen-bond acceptors (Lipinski definition) is 5. The van der Waals surface area contributed by atoms with Gasteiger partial charge in [-0.05, 0) is 29.8 Å². The van der Waals surface area contributed by atoms with Crippen molar-refractivity contribution >= 4 is 21.7 Å². The Labute approximate surface area is 114 Å². The topological polar surface area (TPSA) is 63.8 Å². The molecule has 2 aromatic heterocycles. The Morgan fingerprint density at radius 3 is 2.72 bits per heavy atom. The van der Waals surface area contributed by atoms with Crippen LogP contribution in [0.25, 0.3) is 0 Å². The van der Waals surface area contributed by atoms with Crippen LogP contribution in [0, 0.1) is 13.8 Å². The predicted molar refractivity (Wildman–Crippen MR) is 72.4 cm³/mol. The summed E-state index contributed by atoms with van der Waals surface area (Å²) in [5.41, 5.74) is 1.98. The lowest BCUT2D eigenvalue weighted by molar-refractivity contribution is 0.392. The van der Waals surface area contributed by atoms with Crippen molar-refractivity contribution in [2.24, 2.45) is 0 Å². The van der Waals surface area contributed by atoms with Crippen LogP contribution in [0.3, 0.4) is 0 Å². The molecule has 0 radical (unpaired) electrons. The molecule has 2 heterocycles. The van der Waals surface area contributed by atoms with E-state index in [9.17, 15) is 0 Å². The largest absolute Gasteiger partial charge is 0.366 e. The van der Waals surface area contributed by atoms with Gasteiger partial charge in [0.2, 0.25) is 0 Å². The van der Waals surface area contributed by atoms with Crippen molar-refractivity contribution in [1.82, 2.24) is 15.1 Å². The molecule has 0 bridgehead atoms. The number of aryl methyl sites for hydroxylation is 3. The Hall–Kier alpha value is -1.43. The van der Waals surface area contributed by atoms with E-state index < -0.39 is 0 Å². The van der Waals surface area contributed by atoms with Crippen molar-refractivity contribution in [1.29, 1.82) is 0 Å². The number of aromatic nitrogens is 3. The zero-order chi connectivity index (χ0) is 13.1. The molecule has 0 amide bonds. The van der Waals surface area contributed by atoms with Gasteiger partial charge in [-0.25, -0.2) is 9.97 Å². The Morgan fingerprint density at radius 1 is 1.33 bits per heavy atom. The average Bonchev–Trinajstić information content (AvgIpc) is 2.66. The summed E-state index contributed by atoms with van der Waals surface area (Å²) in [7, 11) is 0. The predicted octanol–water partition coefficient (Wildman–Crippen LogP) is 3.02. The van der Waals surface area contributed by atoms with Gasteiger partial charge in [0, 0.05) is 24.6 Å². The van der Waals surface area contributed by atoms with Crippen molar-refractivity contribution in [3.63, 3.8) is 0 Å². The molecule has 0 aliphatic carbocycles. The van der Waals surface area contributed by atoms with Gasteiger partial charge in [-0.1, -0.05) is 12.1 Å². The van der Waals surface area contributed by atoms with Gasteiger partial charge < -0.3 is 9.84 Å². The highest BCUT2D eigenvalue weighted by atomic mass is 79.9. The minimum Gasteiger partial charge on any atom is -0.366 e. The highest BCUT2D eigenvalue weighted by Crippen LogP contribution is 2.16. The van der Waals surface area contributed by atoms with Crippen molar-refractivity contribution in [3.05, 3.63) is 33.5 Å². The first-order chi connectivity index (χ1) is 8.60.